The van der Waals surface area contributed by atoms with E-state index in [1.807, 2.05) is 0 Å². The SMILES string of the molecule is Cc1ccc(S(=O)(=O)N(CC(=O)Nc2ccc(Cl)c(C(F)(F)F)c2)Cc2cccc(Cl)c2)cc1. The minimum Gasteiger partial charge on any atom is -0.325 e. The molecule has 0 heterocycles. The molecule has 0 spiro atoms. The summed E-state index contributed by atoms with van der Waals surface area (Å²) in [6.45, 7) is 0.972. The largest absolute Gasteiger partial charge is 0.417 e. The van der Waals surface area contributed by atoms with E-state index in [2.05, 4.69) is 5.32 Å². The molecule has 0 saturated heterocycles. The molecule has 0 saturated carbocycles. The van der Waals surface area contributed by atoms with E-state index in [0.717, 1.165) is 15.9 Å². The molecule has 3 aromatic rings. The Morgan fingerprint density at radius 1 is 1.00 bits per heavy atom. The number of aryl methyl sites for hydroxylation is 1. The van der Waals surface area contributed by atoms with Crippen LogP contribution in [0.15, 0.2) is 71.6 Å². The standard InChI is InChI=1S/C23H19Cl2F3N2O3S/c1-15-5-8-19(9-6-15)34(32,33)30(13-16-3-2-4-17(24)11-16)14-22(31)29-18-7-10-21(25)20(12-18)23(26,27)28/h2-12H,13-14H2,1H3,(H,29,31). The first kappa shape index (κ1) is 26.0. The molecule has 0 unspecified atom stereocenters. The van der Waals surface area contributed by atoms with E-state index in [4.69, 9.17) is 23.2 Å². The van der Waals surface area contributed by atoms with Gasteiger partial charge in [0.2, 0.25) is 15.9 Å². The lowest BCUT2D eigenvalue weighted by Crippen LogP contribution is -2.37. The van der Waals surface area contributed by atoms with Gasteiger partial charge in [0.1, 0.15) is 0 Å². The van der Waals surface area contributed by atoms with Gasteiger partial charge in [-0.15, -0.1) is 0 Å². The van der Waals surface area contributed by atoms with Crippen molar-refractivity contribution in [2.24, 2.45) is 0 Å². The molecular weight excluding hydrogens is 512 g/mol. The Bertz CT molecular complexity index is 1300. The summed E-state index contributed by atoms with van der Waals surface area (Å²) in [6.07, 6.45) is -4.72. The molecular formula is C23H19Cl2F3N2O3S. The average molecular weight is 531 g/mol. The second-order valence-corrected chi connectivity index (χ2v) is 10.2. The van der Waals surface area contributed by atoms with Crippen molar-refractivity contribution in [3.8, 4) is 0 Å². The van der Waals surface area contributed by atoms with Gasteiger partial charge in [-0.05, 0) is 55.0 Å². The maximum atomic E-state index is 13.3. The molecule has 0 aliphatic carbocycles. The average Bonchev–Trinajstić information content (AvgIpc) is 2.74. The first-order valence-electron chi connectivity index (χ1n) is 9.84. The van der Waals surface area contributed by atoms with Crippen LogP contribution in [0.4, 0.5) is 18.9 Å². The Kier molecular flexibility index (Phi) is 7.92. The Morgan fingerprint density at radius 3 is 2.29 bits per heavy atom. The van der Waals surface area contributed by atoms with E-state index in [1.165, 1.54) is 18.2 Å². The fraction of sp³-hybridized carbons (Fsp3) is 0.174. The summed E-state index contributed by atoms with van der Waals surface area (Å²) in [7, 11) is -4.13. The van der Waals surface area contributed by atoms with Gasteiger partial charge in [-0.2, -0.15) is 17.5 Å². The van der Waals surface area contributed by atoms with Gasteiger partial charge in [-0.3, -0.25) is 4.79 Å². The highest BCUT2D eigenvalue weighted by Crippen LogP contribution is 2.36. The third kappa shape index (κ3) is 6.50. The fourth-order valence-corrected chi connectivity index (χ4v) is 4.93. The van der Waals surface area contributed by atoms with Gasteiger partial charge < -0.3 is 5.32 Å². The van der Waals surface area contributed by atoms with Crippen molar-refractivity contribution in [3.05, 3.63) is 93.5 Å². The van der Waals surface area contributed by atoms with E-state index < -0.39 is 39.2 Å². The Labute approximate surface area is 205 Å². The highest BCUT2D eigenvalue weighted by atomic mass is 35.5. The predicted octanol–water partition coefficient (Wildman–Crippen LogP) is 6.15. The van der Waals surface area contributed by atoms with Crippen molar-refractivity contribution in [1.82, 2.24) is 4.31 Å². The highest BCUT2D eigenvalue weighted by molar-refractivity contribution is 7.89. The second-order valence-electron chi connectivity index (χ2n) is 7.46. The number of amides is 1. The quantitative estimate of drug-likeness (QED) is 0.398. The van der Waals surface area contributed by atoms with E-state index in [9.17, 15) is 26.4 Å². The van der Waals surface area contributed by atoms with Crippen LogP contribution in [0.2, 0.25) is 10.0 Å². The topological polar surface area (TPSA) is 66.5 Å². The number of hydrogen-bond donors (Lipinski definition) is 1. The molecule has 0 aromatic heterocycles. The molecule has 11 heteroatoms. The van der Waals surface area contributed by atoms with Crippen LogP contribution in [-0.4, -0.2) is 25.2 Å². The fourth-order valence-electron chi connectivity index (χ4n) is 3.11. The van der Waals surface area contributed by atoms with E-state index >= 15 is 0 Å². The first-order valence-corrected chi connectivity index (χ1v) is 12.0. The molecule has 1 N–H and O–H groups in total. The van der Waals surface area contributed by atoms with Gasteiger partial charge in [0.05, 0.1) is 22.0 Å². The maximum Gasteiger partial charge on any atom is 0.417 e. The van der Waals surface area contributed by atoms with E-state index in [1.54, 1.807) is 43.3 Å². The minimum atomic E-state index is -4.72. The number of benzene rings is 3. The number of anilines is 1. The van der Waals surface area contributed by atoms with Gasteiger partial charge in [0.25, 0.3) is 0 Å². The summed E-state index contributed by atoms with van der Waals surface area (Å²) in [5, 5.41) is 2.18. The number of carbonyl (C=O) groups is 1. The minimum absolute atomic E-state index is 0.0289. The third-order valence-electron chi connectivity index (χ3n) is 4.78. The van der Waals surface area contributed by atoms with Gasteiger partial charge >= 0.3 is 6.18 Å². The number of rotatable bonds is 7. The number of alkyl halides is 3. The molecule has 180 valence electrons. The highest BCUT2D eigenvalue weighted by Gasteiger charge is 2.33. The zero-order valence-electron chi connectivity index (χ0n) is 17.7. The number of halogens is 5. The van der Waals surface area contributed by atoms with E-state index in [0.29, 0.717) is 16.7 Å². The maximum absolute atomic E-state index is 13.3. The van der Waals surface area contributed by atoms with Crippen LogP contribution in [0.25, 0.3) is 0 Å². The molecule has 3 rings (SSSR count). The van der Waals surface area contributed by atoms with E-state index in [-0.39, 0.29) is 17.1 Å². The van der Waals surface area contributed by atoms with Gasteiger partial charge in [-0.25, -0.2) is 8.42 Å². The molecule has 34 heavy (non-hydrogen) atoms. The van der Waals surface area contributed by atoms with Crippen LogP contribution in [0, 0.1) is 6.92 Å². The molecule has 0 atom stereocenters. The van der Waals surface area contributed by atoms with Gasteiger partial charge in [0, 0.05) is 17.3 Å². The smallest absolute Gasteiger partial charge is 0.325 e. The molecule has 5 nitrogen and oxygen atoms in total. The van der Waals surface area contributed by atoms with Crippen LogP contribution in [-0.2, 0) is 27.5 Å². The molecule has 0 aliphatic rings. The number of nitrogens with zero attached hydrogens (tertiary/aromatic N) is 1. The summed E-state index contributed by atoms with van der Waals surface area (Å²) in [6, 6.07) is 15.4. The second kappa shape index (κ2) is 10.4. The first-order chi connectivity index (χ1) is 15.9. The zero-order valence-corrected chi connectivity index (χ0v) is 20.1. The molecule has 0 bridgehead atoms. The van der Waals surface area contributed by atoms with Gasteiger partial charge in [-0.1, -0.05) is 53.0 Å². The zero-order chi connectivity index (χ0) is 25.1. The molecule has 1 amide bonds. The summed E-state index contributed by atoms with van der Waals surface area (Å²) >= 11 is 11.6. The third-order valence-corrected chi connectivity index (χ3v) is 7.15. The summed E-state index contributed by atoms with van der Waals surface area (Å²) < 4.78 is 66.9. The van der Waals surface area contributed by atoms with Crippen LogP contribution in [0.3, 0.4) is 0 Å². The lowest BCUT2D eigenvalue weighted by atomic mass is 10.2. The van der Waals surface area contributed by atoms with Crippen LogP contribution < -0.4 is 5.32 Å². The molecule has 0 aliphatic heterocycles. The monoisotopic (exact) mass is 530 g/mol. The normalized spacial score (nSPS) is 12.1. The Morgan fingerprint density at radius 2 is 1.68 bits per heavy atom. The van der Waals surface area contributed by atoms with Crippen LogP contribution in [0.1, 0.15) is 16.7 Å². The van der Waals surface area contributed by atoms with Crippen LogP contribution in [0.5, 0.6) is 0 Å². The van der Waals surface area contributed by atoms with Crippen LogP contribution >= 0.6 is 23.2 Å². The Hall–Kier alpha value is -2.59. The van der Waals surface area contributed by atoms with Gasteiger partial charge in [0.15, 0.2) is 0 Å². The lowest BCUT2D eigenvalue weighted by Gasteiger charge is -2.22. The van der Waals surface area contributed by atoms with Crippen molar-refractivity contribution in [2.45, 2.75) is 24.5 Å². The number of sulfonamides is 1. The lowest BCUT2D eigenvalue weighted by molar-refractivity contribution is -0.137. The molecule has 0 radical (unpaired) electrons. The number of carbonyl (C=O) groups excluding carboxylic acids is 1. The number of nitrogens with one attached hydrogen (secondary N) is 1. The van der Waals surface area contributed by atoms with Crippen molar-refractivity contribution in [3.63, 3.8) is 0 Å². The molecule has 3 aromatic carbocycles. The number of hydrogen-bond acceptors (Lipinski definition) is 3. The van der Waals surface area contributed by atoms with Crippen molar-refractivity contribution in [1.29, 1.82) is 0 Å². The van der Waals surface area contributed by atoms with Crippen molar-refractivity contribution in [2.75, 3.05) is 11.9 Å². The summed E-state index contributed by atoms with van der Waals surface area (Å²) in [5.41, 5.74) is 0.0929. The van der Waals surface area contributed by atoms with Crippen molar-refractivity contribution >= 4 is 44.8 Å². The summed E-state index contributed by atoms with van der Waals surface area (Å²) in [4.78, 5) is 12.7. The predicted molar refractivity (Wildman–Crippen MR) is 125 cm³/mol. The summed E-state index contributed by atoms with van der Waals surface area (Å²) in [5.74, 6) is -0.826. The Balaban J connectivity index is 1.89. The van der Waals surface area contributed by atoms with Crippen molar-refractivity contribution < 1.29 is 26.4 Å². The molecule has 0 fully saturated rings.